The van der Waals surface area contributed by atoms with Crippen LogP contribution in [-0.4, -0.2) is 0 Å². The van der Waals surface area contributed by atoms with E-state index in [1.807, 2.05) is 11.3 Å². The molecule has 59 heavy (non-hydrogen) atoms. The van der Waals surface area contributed by atoms with E-state index in [1.54, 1.807) is 0 Å². The van der Waals surface area contributed by atoms with Gasteiger partial charge in [0.05, 0.1) is 10.4 Å². The van der Waals surface area contributed by atoms with Gasteiger partial charge in [0.15, 0.2) is 0 Å². The SMILES string of the molecule is C1=CCCC(N(c2ccc(-c3cccc4ccccc34)cc2)c2cc(N(c3ccccc3)c3ccc(-c4ccccc4)cc3)c3sc4ccc5ccccc5c4c3c2)=C1. The van der Waals surface area contributed by atoms with E-state index >= 15 is 0 Å². The topological polar surface area (TPSA) is 6.48 Å². The molecule has 9 aromatic carbocycles. The van der Waals surface area contributed by atoms with E-state index in [1.165, 1.54) is 69.7 Å². The van der Waals surface area contributed by atoms with E-state index in [-0.39, 0.29) is 0 Å². The van der Waals surface area contributed by atoms with Gasteiger partial charge in [-0.2, -0.15) is 0 Å². The number of rotatable bonds is 8. The standard InChI is InChI=1S/C56H40N2S/c1-4-15-39(16-5-1)40-27-32-47(33-28-40)58(45-22-8-3-9-23-45)53-38-48(37-52-55-51-25-13-11-18-42(51)31-36-54(55)59-56(52)53)57(44-20-6-2-7-21-44)46-34-29-43(30-35-46)50-26-14-19-41-17-10-12-24-49(41)50/h1-6,8-20,22-38H,7,21H2. The molecule has 3 heteroatoms. The molecule has 0 atom stereocenters. The summed E-state index contributed by atoms with van der Waals surface area (Å²) in [7, 11) is 0. The minimum atomic E-state index is 0.950. The molecule has 0 N–H and O–H groups in total. The fourth-order valence-electron chi connectivity index (χ4n) is 8.87. The molecule has 1 aliphatic carbocycles. The highest BCUT2D eigenvalue weighted by molar-refractivity contribution is 7.26. The largest absolute Gasteiger partial charge is 0.314 e. The highest BCUT2D eigenvalue weighted by Gasteiger charge is 2.24. The first-order valence-electron chi connectivity index (χ1n) is 20.4. The Labute approximate surface area is 348 Å². The maximum Gasteiger partial charge on any atom is 0.0661 e. The number of thiophene rings is 1. The number of hydrogen-bond acceptors (Lipinski definition) is 3. The van der Waals surface area contributed by atoms with Crippen LogP contribution in [0.3, 0.4) is 0 Å². The second-order valence-corrected chi connectivity index (χ2v) is 16.3. The normalized spacial score (nSPS) is 12.6. The predicted molar refractivity (Wildman–Crippen MR) is 255 cm³/mol. The van der Waals surface area contributed by atoms with Gasteiger partial charge in [-0.25, -0.2) is 0 Å². The van der Waals surface area contributed by atoms with E-state index < -0.39 is 0 Å². The van der Waals surface area contributed by atoms with Gasteiger partial charge in [-0.3, -0.25) is 0 Å². The van der Waals surface area contributed by atoms with Gasteiger partial charge >= 0.3 is 0 Å². The maximum atomic E-state index is 2.50. The Morgan fingerprint density at radius 2 is 1.03 bits per heavy atom. The molecule has 1 heterocycles. The van der Waals surface area contributed by atoms with Gasteiger partial charge in [0.25, 0.3) is 0 Å². The van der Waals surface area contributed by atoms with Gasteiger partial charge < -0.3 is 9.80 Å². The Hall–Kier alpha value is -7.20. The van der Waals surface area contributed by atoms with Crippen LogP contribution in [0.15, 0.2) is 224 Å². The number of nitrogens with zero attached hydrogens (tertiary/aromatic N) is 2. The van der Waals surface area contributed by atoms with Crippen LogP contribution in [0.25, 0.3) is 64.0 Å². The van der Waals surface area contributed by atoms with Crippen LogP contribution in [0, 0.1) is 0 Å². The zero-order valence-electron chi connectivity index (χ0n) is 32.5. The van der Waals surface area contributed by atoms with Gasteiger partial charge in [0.2, 0.25) is 0 Å². The summed E-state index contributed by atoms with van der Waals surface area (Å²) >= 11 is 1.89. The first kappa shape index (κ1) is 35.0. The molecule has 0 saturated heterocycles. The molecule has 0 bridgehead atoms. The Kier molecular flexibility index (Phi) is 8.87. The van der Waals surface area contributed by atoms with Crippen molar-refractivity contribution in [1.82, 2.24) is 0 Å². The molecular weight excluding hydrogens is 733 g/mol. The average molecular weight is 773 g/mol. The monoisotopic (exact) mass is 772 g/mol. The van der Waals surface area contributed by atoms with Crippen LogP contribution in [0.4, 0.5) is 28.4 Å². The first-order chi connectivity index (χ1) is 29.3. The van der Waals surface area contributed by atoms with Crippen LogP contribution < -0.4 is 9.80 Å². The lowest BCUT2D eigenvalue weighted by Crippen LogP contribution is -2.18. The number of fused-ring (bicyclic) bond motifs is 6. The highest BCUT2D eigenvalue weighted by atomic mass is 32.1. The molecule has 0 saturated carbocycles. The zero-order valence-corrected chi connectivity index (χ0v) is 33.3. The minimum absolute atomic E-state index is 0.950. The van der Waals surface area contributed by atoms with Crippen molar-refractivity contribution in [3.05, 3.63) is 224 Å². The quantitative estimate of drug-likeness (QED) is 0.152. The van der Waals surface area contributed by atoms with Crippen molar-refractivity contribution in [2.24, 2.45) is 0 Å². The first-order valence-corrected chi connectivity index (χ1v) is 21.2. The Balaban J connectivity index is 1.15. The number of hydrogen-bond donors (Lipinski definition) is 0. The molecule has 0 aliphatic heterocycles. The van der Waals surface area contributed by atoms with Gasteiger partial charge in [0, 0.05) is 43.9 Å². The van der Waals surface area contributed by atoms with Crippen molar-refractivity contribution >= 4 is 81.5 Å². The van der Waals surface area contributed by atoms with Crippen molar-refractivity contribution in [2.75, 3.05) is 9.80 Å². The third-order valence-electron chi connectivity index (χ3n) is 11.7. The van der Waals surface area contributed by atoms with Crippen molar-refractivity contribution in [2.45, 2.75) is 12.8 Å². The minimum Gasteiger partial charge on any atom is -0.314 e. The number of para-hydroxylation sites is 1. The van der Waals surface area contributed by atoms with E-state index in [0.29, 0.717) is 0 Å². The van der Waals surface area contributed by atoms with Crippen LogP contribution in [0.1, 0.15) is 12.8 Å². The summed E-state index contributed by atoms with van der Waals surface area (Å²) < 4.78 is 2.55. The molecule has 0 radical (unpaired) electrons. The maximum absolute atomic E-state index is 2.50. The van der Waals surface area contributed by atoms with Crippen LogP contribution >= 0.6 is 11.3 Å². The predicted octanol–water partition coefficient (Wildman–Crippen LogP) is 16.5. The number of benzene rings is 9. The lowest BCUT2D eigenvalue weighted by molar-refractivity contribution is 0.918. The van der Waals surface area contributed by atoms with Crippen molar-refractivity contribution < 1.29 is 0 Å². The van der Waals surface area contributed by atoms with E-state index in [2.05, 4.69) is 228 Å². The van der Waals surface area contributed by atoms with E-state index in [0.717, 1.165) is 41.3 Å². The molecule has 2 nitrogen and oxygen atoms in total. The summed E-state index contributed by atoms with van der Waals surface area (Å²) in [6.45, 7) is 0. The smallest absolute Gasteiger partial charge is 0.0661 e. The van der Waals surface area contributed by atoms with Gasteiger partial charge in [-0.05, 0) is 117 Å². The summed E-state index contributed by atoms with van der Waals surface area (Å²) in [6, 6.07) is 73.3. The molecule has 11 rings (SSSR count). The molecule has 1 aromatic heterocycles. The zero-order chi connectivity index (χ0) is 39.1. The average Bonchev–Trinajstić information content (AvgIpc) is 3.70. The summed E-state index contributed by atoms with van der Waals surface area (Å²) in [5, 5.41) is 7.63. The lowest BCUT2D eigenvalue weighted by Gasteiger charge is -2.32. The number of anilines is 5. The summed E-state index contributed by atoms with van der Waals surface area (Å²) in [5.41, 5.74) is 11.8. The third-order valence-corrected chi connectivity index (χ3v) is 12.9. The van der Waals surface area contributed by atoms with Gasteiger partial charge in [0.1, 0.15) is 0 Å². The van der Waals surface area contributed by atoms with Gasteiger partial charge in [-0.15, -0.1) is 11.3 Å². The fourth-order valence-corrected chi connectivity index (χ4v) is 10.1. The highest BCUT2D eigenvalue weighted by Crippen LogP contribution is 2.50. The van der Waals surface area contributed by atoms with Crippen molar-refractivity contribution in [1.29, 1.82) is 0 Å². The second kappa shape index (κ2) is 14.9. The molecule has 0 spiro atoms. The Bertz CT molecular complexity index is 3190. The summed E-state index contributed by atoms with van der Waals surface area (Å²) in [5.74, 6) is 0. The molecule has 0 fully saturated rings. The summed E-state index contributed by atoms with van der Waals surface area (Å²) in [4.78, 5) is 4.95. The molecular formula is C56H40N2S. The fraction of sp³-hybridized carbons (Fsp3) is 0.0357. The van der Waals surface area contributed by atoms with Crippen molar-refractivity contribution in [3.63, 3.8) is 0 Å². The third kappa shape index (κ3) is 6.37. The molecule has 0 amide bonds. The van der Waals surface area contributed by atoms with Crippen molar-refractivity contribution in [3.8, 4) is 22.3 Å². The Morgan fingerprint density at radius 1 is 0.424 bits per heavy atom. The summed E-state index contributed by atoms with van der Waals surface area (Å²) in [6.07, 6.45) is 8.74. The molecule has 1 aliphatic rings. The van der Waals surface area contributed by atoms with E-state index in [4.69, 9.17) is 0 Å². The Morgan fingerprint density at radius 3 is 1.78 bits per heavy atom. The molecule has 280 valence electrons. The number of allylic oxidation sites excluding steroid dienone is 4. The molecule has 0 unspecified atom stereocenters. The van der Waals surface area contributed by atoms with Crippen LogP contribution in [0.5, 0.6) is 0 Å². The lowest BCUT2D eigenvalue weighted by atomic mass is 9.97. The van der Waals surface area contributed by atoms with E-state index in [9.17, 15) is 0 Å². The van der Waals surface area contributed by atoms with Crippen LogP contribution in [-0.2, 0) is 0 Å². The van der Waals surface area contributed by atoms with Crippen LogP contribution in [0.2, 0.25) is 0 Å². The molecule has 10 aromatic rings. The second-order valence-electron chi connectivity index (χ2n) is 15.2. The van der Waals surface area contributed by atoms with Gasteiger partial charge in [-0.1, -0.05) is 158 Å².